The number of rotatable bonds is 7. The molecule has 5 aromatic rings. The van der Waals surface area contributed by atoms with E-state index in [1.165, 1.54) is 27.8 Å². The maximum atomic E-state index is 6.44. The van der Waals surface area contributed by atoms with Crippen molar-refractivity contribution >= 4 is 11.4 Å². The first-order chi connectivity index (χ1) is 24.0. The van der Waals surface area contributed by atoms with E-state index in [1.807, 2.05) is 30.3 Å². The van der Waals surface area contributed by atoms with Crippen LogP contribution in [0.2, 0.25) is 0 Å². The molecule has 0 N–H and O–H groups in total. The molecule has 0 spiro atoms. The van der Waals surface area contributed by atoms with Gasteiger partial charge in [0.2, 0.25) is 5.88 Å². The zero-order valence-electron chi connectivity index (χ0n) is 32.3. The third-order valence-corrected chi connectivity index (χ3v) is 9.20. The summed E-state index contributed by atoms with van der Waals surface area (Å²) in [6.45, 7) is 26.5. The van der Waals surface area contributed by atoms with Crippen LogP contribution >= 0.6 is 0 Å². The molecular weight excluding hydrogens is 822 g/mol. The van der Waals surface area contributed by atoms with E-state index in [2.05, 4.69) is 171 Å². The van der Waals surface area contributed by atoms with Crippen molar-refractivity contribution in [3.05, 3.63) is 144 Å². The summed E-state index contributed by atoms with van der Waals surface area (Å²) in [5, 5.41) is 0. The standard InChI is InChI=1S/C46H50N3O2.Pt/c1-31-23-34(44(3,4)5)24-32(2)43(31)33-19-20-47-42(25-33)51-38-16-14-15-37(29-38)50-39-27-35(45(6,7)8)26-36(28-39)48-21-22-49(30-48)41-18-13-12-17-40(41)46(9,10)11;/h12-27,30H,1-11H3;/q-3;. The molecular formula is C46H50N3O2Pt-3. The second-order valence-corrected chi connectivity index (χ2v) is 16.6. The van der Waals surface area contributed by atoms with E-state index in [-0.39, 0.29) is 37.3 Å². The summed E-state index contributed by atoms with van der Waals surface area (Å²) in [4.78, 5) is 8.78. The molecule has 1 aromatic heterocycles. The van der Waals surface area contributed by atoms with Gasteiger partial charge in [0.25, 0.3) is 0 Å². The molecule has 0 saturated heterocycles. The number of benzene rings is 4. The van der Waals surface area contributed by atoms with Gasteiger partial charge in [-0.2, -0.15) is 6.07 Å². The van der Waals surface area contributed by atoms with Crippen LogP contribution in [0, 0.1) is 32.6 Å². The minimum atomic E-state index is -0.112. The summed E-state index contributed by atoms with van der Waals surface area (Å²) in [6, 6.07) is 33.8. The Hall–Kier alpha value is -4.34. The Bertz CT molecular complexity index is 2060. The van der Waals surface area contributed by atoms with Gasteiger partial charge in [-0.05, 0) is 88.0 Å². The number of nitrogens with zero attached hydrogens (tertiary/aromatic N) is 3. The molecule has 5 nitrogen and oxygen atoms in total. The van der Waals surface area contributed by atoms with Crippen LogP contribution in [0.5, 0.6) is 23.1 Å². The predicted molar refractivity (Wildman–Crippen MR) is 211 cm³/mol. The Morgan fingerprint density at radius 2 is 1.23 bits per heavy atom. The number of aromatic nitrogens is 1. The Balaban J connectivity index is 0.00000523. The van der Waals surface area contributed by atoms with Crippen LogP contribution < -0.4 is 19.3 Å². The summed E-state index contributed by atoms with van der Waals surface area (Å²) in [6.07, 6.45) is 5.94. The first-order valence-corrected chi connectivity index (χ1v) is 17.7. The largest absolute Gasteiger partial charge is 0.509 e. The average molecular weight is 872 g/mol. The molecule has 0 radical (unpaired) electrons. The minimum absolute atomic E-state index is 0. The molecule has 2 heterocycles. The Morgan fingerprint density at radius 3 is 1.88 bits per heavy atom. The smallest absolute Gasteiger partial charge is 0.217 e. The number of hydrogen-bond acceptors (Lipinski definition) is 5. The van der Waals surface area contributed by atoms with E-state index in [9.17, 15) is 0 Å². The van der Waals surface area contributed by atoms with E-state index in [0.717, 1.165) is 22.5 Å². The van der Waals surface area contributed by atoms with E-state index >= 15 is 0 Å². The average Bonchev–Trinajstić information content (AvgIpc) is 3.54. The minimum Gasteiger partial charge on any atom is -0.509 e. The zero-order valence-corrected chi connectivity index (χ0v) is 34.6. The second-order valence-electron chi connectivity index (χ2n) is 16.6. The third kappa shape index (κ3) is 8.81. The molecule has 0 unspecified atom stereocenters. The van der Waals surface area contributed by atoms with Crippen LogP contribution in [0.15, 0.2) is 97.5 Å². The third-order valence-electron chi connectivity index (χ3n) is 9.20. The van der Waals surface area contributed by atoms with Crippen molar-refractivity contribution in [2.45, 2.75) is 92.4 Å². The number of para-hydroxylation sites is 1. The van der Waals surface area contributed by atoms with Crippen LogP contribution in [0.3, 0.4) is 0 Å². The van der Waals surface area contributed by atoms with Crippen LogP contribution in [0.4, 0.5) is 11.4 Å². The van der Waals surface area contributed by atoms with Gasteiger partial charge in [-0.3, -0.25) is 0 Å². The fourth-order valence-electron chi connectivity index (χ4n) is 6.38. The van der Waals surface area contributed by atoms with Crippen LogP contribution in [0.1, 0.15) is 90.1 Å². The fourth-order valence-corrected chi connectivity index (χ4v) is 6.38. The van der Waals surface area contributed by atoms with Crippen molar-refractivity contribution in [1.82, 2.24) is 4.98 Å². The van der Waals surface area contributed by atoms with Crippen LogP contribution in [0.25, 0.3) is 11.1 Å². The molecule has 0 amide bonds. The summed E-state index contributed by atoms with van der Waals surface area (Å²) in [7, 11) is 0. The SMILES string of the molecule is Cc1cc(C(C)(C)C)cc(C)c1-c1ccnc(Oc2[c-]c(Oc3[c-]c(N4C=CN(c5ccccc5C(C)(C)C)[CH-]4)cc(C(C)(C)C)c3)ccc2)c1.[Pt]. The summed E-state index contributed by atoms with van der Waals surface area (Å²) >= 11 is 0. The maximum Gasteiger partial charge on any atom is 0.217 e. The van der Waals surface area contributed by atoms with Gasteiger partial charge in [0.15, 0.2) is 0 Å². The molecule has 0 atom stereocenters. The van der Waals surface area contributed by atoms with Gasteiger partial charge in [0, 0.05) is 56.3 Å². The topological polar surface area (TPSA) is 37.8 Å². The van der Waals surface area contributed by atoms with Crippen molar-refractivity contribution in [2.75, 3.05) is 9.80 Å². The fraction of sp³-hybridized carbons (Fsp3) is 0.304. The Kier molecular flexibility index (Phi) is 11.2. The monoisotopic (exact) mass is 871 g/mol. The van der Waals surface area contributed by atoms with E-state index in [0.29, 0.717) is 23.1 Å². The van der Waals surface area contributed by atoms with Crippen molar-refractivity contribution in [3.63, 3.8) is 0 Å². The molecule has 6 heteroatoms. The van der Waals surface area contributed by atoms with Gasteiger partial charge in [-0.25, -0.2) is 4.98 Å². The van der Waals surface area contributed by atoms with Crippen molar-refractivity contribution < 1.29 is 30.5 Å². The van der Waals surface area contributed by atoms with E-state index < -0.39 is 0 Å². The van der Waals surface area contributed by atoms with Gasteiger partial charge < -0.3 is 19.3 Å². The van der Waals surface area contributed by atoms with Gasteiger partial charge in [-0.1, -0.05) is 98.7 Å². The van der Waals surface area contributed by atoms with Crippen LogP contribution in [-0.4, -0.2) is 4.98 Å². The number of anilines is 2. The van der Waals surface area contributed by atoms with E-state index in [4.69, 9.17) is 9.47 Å². The van der Waals surface area contributed by atoms with Gasteiger partial charge >= 0.3 is 0 Å². The van der Waals surface area contributed by atoms with Crippen molar-refractivity contribution in [3.8, 4) is 34.3 Å². The predicted octanol–water partition coefficient (Wildman–Crippen LogP) is 12.4. The normalized spacial score (nSPS) is 13.3. The molecule has 1 aliphatic rings. The molecule has 0 aliphatic carbocycles. The molecule has 52 heavy (non-hydrogen) atoms. The number of hydrogen-bond donors (Lipinski definition) is 0. The van der Waals surface area contributed by atoms with E-state index in [1.54, 1.807) is 6.20 Å². The summed E-state index contributed by atoms with van der Waals surface area (Å²) < 4.78 is 12.7. The van der Waals surface area contributed by atoms with Crippen molar-refractivity contribution in [1.29, 1.82) is 0 Å². The molecule has 1 aliphatic heterocycles. The number of aryl methyl sites for hydroxylation is 2. The molecule has 0 saturated carbocycles. The first kappa shape index (κ1) is 38.9. The van der Waals surface area contributed by atoms with Gasteiger partial charge in [0.05, 0.1) is 0 Å². The molecule has 4 aromatic carbocycles. The van der Waals surface area contributed by atoms with Crippen molar-refractivity contribution in [2.24, 2.45) is 0 Å². The molecule has 0 bridgehead atoms. The van der Waals surface area contributed by atoms with Gasteiger partial charge in [0.1, 0.15) is 0 Å². The quantitative estimate of drug-likeness (QED) is 0.152. The first-order valence-electron chi connectivity index (χ1n) is 17.7. The number of pyridine rings is 1. The summed E-state index contributed by atoms with van der Waals surface area (Å²) in [5.74, 6) is 2.15. The summed E-state index contributed by atoms with van der Waals surface area (Å²) in [5.41, 5.74) is 10.5. The molecule has 0 fully saturated rings. The molecule has 274 valence electrons. The Morgan fingerprint density at radius 1 is 0.615 bits per heavy atom. The second kappa shape index (κ2) is 15.0. The van der Waals surface area contributed by atoms with Gasteiger partial charge in [-0.15, -0.1) is 48.3 Å². The maximum absolute atomic E-state index is 6.44. The van der Waals surface area contributed by atoms with Crippen LogP contribution in [-0.2, 0) is 37.3 Å². The number of ether oxygens (including phenoxy) is 2. The Labute approximate surface area is 326 Å². The zero-order chi connectivity index (χ0) is 36.7. The molecule has 6 rings (SSSR count).